The van der Waals surface area contributed by atoms with Crippen molar-refractivity contribution in [3.63, 3.8) is 0 Å². The average Bonchev–Trinajstić information content (AvgIpc) is 2.29. The number of hydrogen-bond acceptors (Lipinski definition) is 3. The quantitative estimate of drug-likeness (QED) is 0.517. The highest BCUT2D eigenvalue weighted by Gasteiger charge is 2.25. The monoisotopic (exact) mass is 229 g/mol. The summed E-state index contributed by atoms with van der Waals surface area (Å²) in [5, 5.41) is 0. The molecule has 0 saturated carbocycles. The van der Waals surface area contributed by atoms with Crippen molar-refractivity contribution in [3.05, 3.63) is 0 Å². The maximum atomic E-state index is 11.8. The molecule has 94 valence electrons. The Labute approximate surface area is 98.0 Å². The molecule has 1 amide bonds. The zero-order valence-electron chi connectivity index (χ0n) is 10.8. The Bertz CT molecular complexity index is 228. The van der Waals surface area contributed by atoms with Gasteiger partial charge in [0, 0.05) is 12.6 Å². The molecule has 4 nitrogen and oxygen atoms in total. The minimum atomic E-state index is -0.737. The van der Waals surface area contributed by atoms with E-state index in [1.165, 1.54) is 0 Å². The van der Waals surface area contributed by atoms with E-state index in [4.69, 9.17) is 4.74 Å². The van der Waals surface area contributed by atoms with Gasteiger partial charge in [0.2, 0.25) is 0 Å². The highest BCUT2D eigenvalue weighted by molar-refractivity contribution is 6.32. The molecule has 0 aromatic carbocycles. The summed E-state index contributed by atoms with van der Waals surface area (Å²) in [5.41, 5.74) is 0. The molecule has 0 radical (unpaired) electrons. The van der Waals surface area contributed by atoms with Gasteiger partial charge < -0.3 is 9.64 Å². The SMILES string of the molecule is CCCCN(C(=O)C(=O)OCC)C(C)CC. The van der Waals surface area contributed by atoms with Crippen LogP contribution in [0.5, 0.6) is 0 Å². The number of esters is 1. The predicted molar refractivity (Wildman–Crippen MR) is 63.0 cm³/mol. The third-order valence-corrected chi connectivity index (χ3v) is 2.59. The van der Waals surface area contributed by atoms with Crippen LogP contribution in [0.2, 0.25) is 0 Å². The van der Waals surface area contributed by atoms with Crippen LogP contribution in [0.3, 0.4) is 0 Å². The van der Waals surface area contributed by atoms with Crippen molar-refractivity contribution >= 4 is 11.9 Å². The van der Waals surface area contributed by atoms with Crippen LogP contribution in [0, 0.1) is 0 Å². The van der Waals surface area contributed by atoms with Crippen molar-refractivity contribution in [2.24, 2.45) is 0 Å². The van der Waals surface area contributed by atoms with E-state index in [2.05, 4.69) is 6.92 Å². The second kappa shape index (κ2) is 8.13. The van der Waals surface area contributed by atoms with Crippen LogP contribution in [0.4, 0.5) is 0 Å². The molecule has 0 heterocycles. The van der Waals surface area contributed by atoms with E-state index in [0.29, 0.717) is 6.54 Å². The molecule has 0 aliphatic carbocycles. The maximum absolute atomic E-state index is 11.8. The van der Waals surface area contributed by atoms with Gasteiger partial charge in [-0.2, -0.15) is 0 Å². The first-order valence-electron chi connectivity index (χ1n) is 6.06. The summed E-state index contributed by atoms with van der Waals surface area (Å²) in [5.74, 6) is -1.25. The fraction of sp³-hybridized carbons (Fsp3) is 0.833. The average molecular weight is 229 g/mol. The van der Waals surface area contributed by atoms with Crippen LogP contribution in [0.15, 0.2) is 0 Å². The summed E-state index contributed by atoms with van der Waals surface area (Å²) >= 11 is 0. The Hall–Kier alpha value is -1.06. The Morgan fingerprint density at radius 3 is 2.31 bits per heavy atom. The lowest BCUT2D eigenvalue weighted by Gasteiger charge is -2.27. The molecule has 0 rings (SSSR count). The summed E-state index contributed by atoms with van der Waals surface area (Å²) in [6, 6.07) is 0.0865. The van der Waals surface area contributed by atoms with E-state index < -0.39 is 11.9 Å². The summed E-state index contributed by atoms with van der Waals surface area (Å²) in [6.45, 7) is 8.58. The fourth-order valence-electron chi connectivity index (χ4n) is 1.38. The number of rotatable bonds is 6. The molecule has 0 spiro atoms. The summed E-state index contributed by atoms with van der Waals surface area (Å²) in [6.07, 6.45) is 2.76. The molecule has 1 unspecified atom stereocenters. The molecule has 1 atom stereocenters. The Morgan fingerprint density at radius 1 is 1.25 bits per heavy atom. The molecule has 0 saturated heterocycles. The number of nitrogens with zero attached hydrogens (tertiary/aromatic N) is 1. The van der Waals surface area contributed by atoms with Crippen LogP contribution < -0.4 is 0 Å². The second-order valence-electron chi connectivity index (χ2n) is 3.83. The third-order valence-electron chi connectivity index (χ3n) is 2.59. The third kappa shape index (κ3) is 4.64. The first-order valence-corrected chi connectivity index (χ1v) is 6.06. The van der Waals surface area contributed by atoms with Crippen molar-refractivity contribution in [2.45, 2.75) is 53.0 Å². The molecule has 0 bridgehead atoms. The van der Waals surface area contributed by atoms with Gasteiger partial charge in [0.05, 0.1) is 6.61 Å². The Kier molecular flexibility index (Phi) is 7.60. The van der Waals surface area contributed by atoms with E-state index in [0.717, 1.165) is 19.3 Å². The molecule has 4 heteroatoms. The van der Waals surface area contributed by atoms with Crippen LogP contribution in [0.1, 0.15) is 47.0 Å². The zero-order valence-corrected chi connectivity index (χ0v) is 10.8. The molecule has 0 aromatic rings. The Balaban J connectivity index is 4.48. The number of ether oxygens (including phenoxy) is 1. The summed E-state index contributed by atoms with van der Waals surface area (Å²) < 4.78 is 4.73. The first kappa shape index (κ1) is 14.9. The van der Waals surface area contributed by atoms with Gasteiger partial charge in [0.1, 0.15) is 0 Å². The number of unbranched alkanes of at least 4 members (excludes halogenated alkanes) is 1. The molecule has 16 heavy (non-hydrogen) atoms. The van der Waals surface area contributed by atoms with Gasteiger partial charge in [-0.15, -0.1) is 0 Å². The van der Waals surface area contributed by atoms with Crippen molar-refractivity contribution in [1.29, 1.82) is 0 Å². The van der Waals surface area contributed by atoms with Crippen molar-refractivity contribution < 1.29 is 14.3 Å². The molecule has 0 aliphatic heterocycles. The van der Waals surface area contributed by atoms with Gasteiger partial charge in [-0.1, -0.05) is 20.3 Å². The van der Waals surface area contributed by atoms with Crippen LogP contribution in [-0.4, -0.2) is 36.0 Å². The maximum Gasteiger partial charge on any atom is 0.397 e. The number of carbonyl (C=O) groups is 2. The second-order valence-corrected chi connectivity index (χ2v) is 3.83. The lowest BCUT2D eigenvalue weighted by Crippen LogP contribution is -2.43. The van der Waals surface area contributed by atoms with Gasteiger partial charge >= 0.3 is 11.9 Å². The van der Waals surface area contributed by atoms with E-state index in [9.17, 15) is 9.59 Å². The molecular formula is C12H23NO3. The predicted octanol–water partition coefficient (Wildman–Crippen LogP) is 1.98. The van der Waals surface area contributed by atoms with E-state index in [-0.39, 0.29) is 12.6 Å². The van der Waals surface area contributed by atoms with E-state index >= 15 is 0 Å². The molecular weight excluding hydrogens is 206 g/mol. The minimum Gasteiger partial charge on any atom is -0.459 e. The molecule has 0 fully saturated rings. The fourth-order valence-corrected chi connectivity index (χ4v) is 1.38. The molecule has 0 N–H and O–H groups in total. The molecule has 0 aliphatic rings. The molecule has 0 aromatic heterocycles. The normalized spacial score (nSPS) is 12.0. The summed E-state index contributed by atoms with van der Waals surface area (Å²) in [4.78, 5) is 24.8. The minimum absolute atomic E-state index is 0.0865. The van der Waals surface area contributed by atoms with Crippen LogP contribution >= 0.6 is 0 Å². The first-order chi connectivity index (χ1) is 7.58. The highest BCUT2D eigenvalue weighted by Crippen LogP contribution is 2.07. The van der Waals surface area contributed by atoms with E-state index in [1.807, 2.05) is 13.8 Å². The van der Waals surface area contributed by atoms with Crippen LogP contribution in [-0.2, 0) is 14.3 Å². The van der Waals surface area contributed by atoms with Gasteiger partial charge in [0.15, 0.2) is 0 Å². The summed E-state index contributed by atoms with van der Waals surface area (Å²) in [7, 11) is 0. The van der Waals surface area contributed by atoms with Gasteiger partial charge in [-0.3, -0.25) is 4.79 Å². The number of carbonyl (C=O) groups excluding carboxylic acids is 2. The smallest absolute Gasteiger partial charge is 0.397 e. The van der Waals surface area contributed by atoms with Gasteiger partial charge in [0.25, 0.3) is 0 Å². The van der Waals surface area contributed by atoms with Crippen LogP contribution in [0.25, 0.3) is 0 Å². The largest absolute Gasteiger partial charge is 0.459 e. The Morgan fingerprint density at radius 2 is 1.88 bits per heavy atom. The van der Waals surface area contributed by atoms with Crippen molar-refractivity contribution in [3.8, 4) is 0 Å². The number of hydrogen-bond donors (Lipinski definition) is 0. The lowest BCUT2D eigenvalue weighted by molar-refractivity contribution is -0.161. The standard InChI is InChI=1S/C12H23NO3/c1-5-8-9-13(10(4)6-2)11(14)12(15)16-7-3/h10H,5-9H2,1-4H3. The zero-order chi connectivity index (χ0) is 12.6. The number of amides is 1. The van der Waals surface area contributed by atoms with E-state index in [1.54, 1.807) is 11.8 Å². The highest BCUT2D eigenvalue weighted by atomic mass is 16.5. The lowest BCUT2D eigenvalue weighted by atomic mass is 10.2. The van der Waals surface area contributed by atoms with Crippen molar-refractivity contribution in [1.82, 2.24) is 4.90 Å². The van der Waals surface area contributed by atoms with Gasteiger partial charge in [-0.25, -0.2) is 4.79 Å². The van der Waals surface area contributed by atoms with Crippen molar-refractivity contribution in [2.75, 3.05) is 13.2 Å². The van der Waals surface area contributed by atoms with Gasteiger partial charge in [-0.05, 0) is 26.7 Å². The topological polar surface area (TPSA) is 46.6 Å².